The Morgan fingerprint density at radius 3 is 2.23 bits per heavy atom. The van der Waals surface area contributed by atoms with Gasteiger partial charge in [-0.25, -0.2) is 12.7 Å². The summed E-state index contributed by atoms with van der Waals surface area (Å²) >= 11 is 0. The monoisotopic (exact) mass is 328 g/mol. The van der Waals surface area contributed by atoms with Crippen LogP contribution in [0, 0.1) is 5.92 Å². The number of hydrogen-bond acceptors (Lipinski definition) is 4. The molecule has 1 aromatic rings. The molecule has 122 valence electrons. The van der Waals surface area contributed by atoms with E-state index in [4.69, 9.17) is 5.11 Å². The molecule has 0 saturated heterocycles. The van der Waals surface area contributed by atoms with Crippen molar-refractivity contribution in [2.45, 2.75) is 18.2 Å². The molecule has 0 spiro atoms. The number of carboxylic acids is 1. The normalized spacial score (nSPS) is 12.9. The molecule has 0 aliphatic rings. The van der Waals surface area contributed by atoms with Crippen molar-refractivity contribution in [3.63, 3.8) is 0 Å². The molecular weight excluding hydrogens is 308 g/mol. The van der Waals surface area contributed by atoms with E-state index < -0.39 is 16.0 Å². The van der Waals surface area contributed by atoms with Crippen LogP contribution in [-0.4, -0.2) is 50.3 Å². The minimum atomic E-state index is -3.52. The van der Waals surface area contributed by atoms with Crippen molar-refractivity contribution in [1.82, 2.24) is 9.62 Å². The third kappa shape index (κ3) is 4.81. The van der Waals surface area contributed by atoms with E-state index in [9.17, 15) is 18.0 Å². The number of carbonyl (C=O) groups is 2. The molecule has 7 nitrogen and oxygen atoms in total. The Hall–Kier alpha value is -1.93. The minimum absolute atomic E-state index is 0.0275. The van der Waals surface area contributed by atoms with Crippen molar-refractivity contribution in [1.29, 1.82) is 0 Å². The lowest BCUT2D eigenvalue weighted by atomic mass is 10.1. The lowest BCUT2D eigenvalue weighted by Gasteiger charge is -2.12. The predicted octanol–water partition coefficient (Wildman–Crippen LogP) is 0.777. The number of hydrogen-bond donors (Lipinski definition) is 2. The number of amides is 1. The molecule has 0 radical (unpaired) electrons. The summed E-state index contributed by atoms with van der Waals surface area (Å²) in [4.78, 5) is 22.6. The summed E-state index contributed by atoms with van der Waals surface area (Å²) in [6, 6.07) is 5.58. The van der Waals surface area contributed by atoms with Gasteiger partial charge >= 0.3 is 5.97 Å². The Morgan fingerprint density at radius 1 is 1.23 bits per heavy atom. The van der Waals surface area contributed by atoms with Crippen LogP contribution in [0.15, 0.2) is 29.2 Å². The van der Waals surface area contributed by atoms with Crippen LogP contribution >= 0.6 is 0 Å². The molecule has 0 saturated carbocycles. The Kier molecular flexibility index (Phi) is 6.07. The molecule has 1 unspecified atom stereocenters. The van der Waals surface area contributed by atoms with E-state index in [1.54, 1.807) is 6.92 Å². The van der Waals surface area contributed by atoms with E-state index in [1.807, 2.05) is 0 Å². The fourth-order valence-electron chi connectivity index (χ4n) is 1.73. The topological polar surface area (TPSA) is 104 Å². The van der Waals surface area contributed by atoms with Crippen LogP contribution in [0.4, 0.5) is 0 Å². The maximum atomic E-state index is 11.9. The van der Waals surface area contributed by atoms with Crippen molar-refractivity contribution in [2.24, 2.45) is 5.92 Å². The van der Waals surface area contributed by atoms with Gasteiger partial charge < -0.3 is 10.4 Å². The van der Waals surface area contributed by atoms with Crippen LogP contribution in [0.25, 0.3) is 0 Å². The second-order valence-corrected chi connectivity index (χ2v) is 7.38. The van der Waals surface area contributed by atoms with E-state index in [0.29, 0.717) is 5.56 Å². The molecule has 0 aliphatic carbocycles. The van der Waals surface area contributed by atoms with Gasteiger partial charge in [-0.3, -0.25) is 9.59 Å². The highest BCUT2D eigenvalue weighted by atomic mass is 32.2. The molecule has 0 heterocycles. The number of carbonyl (C=O) groups excluding carboxylic acids is 1. The molecular formula is C14H20N2O5S. The third-order valence-electron chi connectivity index (χ3n) is 3.03. The van der Waals surface area contributed by atoms with E-state index >= 15 is 0 Å². The zero-order chi connectivity index (χ0) is 16.9. The average Bonchev–Trinajstić information content (AvgIpc) is 2.44. The standard InChI is InChI=1S/C14H20N2O5S/c1-10(8-13(17)18)9-15-14(19)11-4-6-12(7-5-11)22(20,21)16(2)3/h4-7,10H,8-9H2,1-3H3,(H,15,19)(H,17,18). The molecule has 8 heteroatoms. The summed E-state index contributed by atoms with van der Waals surface area (Å²) in [6.07, 6.45) is -0.0275. The first kappa shape index (κ1) is 18.1. The van der Waals surface area contributed by atoms with Crippen molar-refractivity contribution in [3.8, 4) is 0 Å². The number of nitrogens with one attached hydrogen (secondary N) is 1. The third-order valence-corrected chi connectivity index (χ3v) is 4.86. The minimum Gasteiger partial charge on any atom is -0.481 e. The van der Waals surface area contributed by atoms with Crippen molar-refractivity contribution >= 4 is 21.9 Å². The predicted molar refractivity (Wildman–Crippen MR) is 81.1 cm³/mol. The molecule has 0 fully saturated rings. The first-order valence-electron chi connectivity index (χ1n) is 6.67. The second kappa shape index (κ2) is 7.37. The summed E-state index contributed by atoms with van der Waals surface area (Å²) in [5.74, 6) is -1.47. The molecule has 0 aliphatic heterocycles. The van der Waals surface area contributed by atoms with Gasteiger partial charge in [0.15, 0.2) is 0 Å². The largest absolute Gasteiger partial charge is 0.481 e. The number of sulfonamides is 1. The molecule has 1 rings (SSSR count). The van der Waals surface area contributed by atoms with Gasteiger partial charge in [-0.2, -0.15) is 0 Å². The first-order valence-corrected chi connectivity index (χ1v) is 8.11. The second-order valence-electron chi connectivity index (χ2n) is 5.22. The zero-order valence-electron chi connectivity index (χ0n) is 12.7. The van der Waals surface area contributed by atoms with Gasteiger partial charge in [0.1, 0.15) is 0 Å². The van der Waals surface area contributed by atoms with Gasteiger partial charge in [0.05, 0.1) is 4.90 Å². The van der Waals surface area contributed by atoms with Gasteiger partial charge in [0.2, 0.25) is 10.0 Å². The highest BCUT2D eigenvalue weighted by Gasteiger charge is 2.17. The number of rotatable bonds is 7. The highest BCUT2D eigenvalue weighted by molar-refractivity contribution is 7.89. The van der Waals surface area contributed by atoms with E-state index in [-0.39, 0.29) is 29.7 Å². The Morgan fingerprint density at radius 2 is 1.77 bits per heavy atom. The smallest absolute Gasteiger partial charge is 0.303 e. The van der Waals surface area contributed by atoms with Crippen LogP contribution in [0.5, 0.6) is 0 Å². The zero-order valence-corrected chi connectivity index (χ0v) is 13.6. The Balaban J connectivity index is 2.71. The average molecular weight is 328 g/mol. The molecule has 22 heavy (non-hydrogen) atoms. The SMILES string of the molecule is CC(CNC(=O)c1ccc(S(=O)(=O)N(C)C)cc1)CC(=O)O. The van der Waals surface area contributed by atoms with Crippen molar-refractivity contribution < 1.29 is 23.1 Å². The summed E-state index contributed by atoms with van der Waals surface area (Å²) in [5.41, 5.74) is 0.320. The molecule has 1 aromatic carbocycles. The van der Waals surface area contributed by atoms with Gasteiger partial charge in [0.25, 0.3) is 5.91 Å². The van der Waals surface area contributed by atoms with E-state index in [1.165, 1.54) is 38.4 Å². The van der Waals surface area contributed by atoms with E-state index in [0.717, 1.165) is 4.31 Å². The Labute approximate surface area is 130 Å². The lowest BCUT2D eigenvalue weighted by Crippen LogP contribution is -2.29. The van der Waals surface area contributed by atoms with Crippen molar-refractivity contribution in [3.05, 3.63) is 29.8 Å². The fraction of sp³-hybridized carbons (Fsp3) is 0.429. The summed E-state index contributed by atoms with van der Waals surface area (Å²) in [5, 5.41) is 11.3. The lowest BCUT2D eigenvalue weighted by molar-refractivity contribution is -0.137. The maximum absolute atomic E-state index is 11.9. The molecule has 2 N–H and O–H groups in total. The first-order chi connectivity index (χ1) is 10.1. The highest BCUT2D eigenvalue weighted by Crippen LogP contribution is 2.14. The summed E-state index contributed by atoms with van der Waals surface area (Å²) in [7, 11) is -0.661. The Bertz CT molecular complexity index is 638. The number of carboxylic acid groups (broad SMARTS) is 1. The fourth-order valence-corrected chi connectivity index (χ4v) is 2.63. The molecule has 1 amide bonds. The van der Waals surface area contributed by atoms with Gasteiger partial charge in [-0.05, 0) is 30.2 Å². The maximum Gasteiger partial charge on any atom is 0.303 e. The van der Waals surface area contributed by atoms with Crippen molar-refractivity contribution in [2.75, 3.05) is 20.6 Å². The van der Waals surface area contributed by atoms with E-state index in [2.05, 4.69) is 5.32 Å². The number of nitrogens with zero attached hydrogens (tertiary/aromatic N) is 1. The van der Waals surface area contributed by atoms with Gasteiger partial charge in [-0.15, -0.1) is 0 Å². The quantitative estimate of drug-likeness (QED) is 0.770. The summed E-state index contributed by atoms with van der Waals surface area (Å²) in [6.45, 7) is 1.96. The number of aliphatic carboxylic acids is 1. The summed E-state index contributed by atoms with van der Waals surface area (Å²) < 4.78 is 24.9. The van der Waals surface area contributed by atoms with Gasteiger partial charge in [-0.1, -0.05) is 6.92 Å². The molecule has 0 bridgehead atoms. The van der Waals surface area contributed by atoms with Crippen LogP contribution < -0.4 is 5.32 Å². The van der Waals surface area contributed by atoms with Crippen LogP contribution in [-0.2, 0) is 14.8 Å². The molecule has 1 atom stereocenters. The van der Waals surface area contributed by atoms with Crippen LogP contribution in [0.2, 0.25) is 0 Å². The molecule has 0 aromatic heterocycles. The van der Waals surface area contributed by atoms with Crippen LogP contribution in [0.1, 0.15) is 23.7 Å². The van der Waals surface area contributed by atoms with Gasteiger partial charge in [0, 0.05) is 32.6 Å². The number of benzene rings is 1. The van der Waals surface area contributed by atoms with Crippen LogP contribution in [0.3, 0.4) is 0 Å².